The molecule has 1 spiro atoms. The molecular weight excluding hydrogens is 368 g/mol. The summed E-state index contributed by atoms with van der Waals surface area (Å²) in [4.78, 5) is 39.3. The summed E-state index contributed by atoms with van der Waals surface area (Å²) in [6.07, 6.45) is 3.06. The smallest absolute Gasteiger partial charge is 0.325 e. The van der Waals surface area contributed by atoms with Gasteiger partial charge in [0.2, 0.25) is 5.91 Å². The summed E-state index contributed by atoms with van der Waals surface area (Å²) in [5.41, 5.74) is 5.99. The number of carbonyl (C=O) groups is 3. The van der Waals surface area contributed by atoms with Crippen LogP contribution < -0.4 is 16.4 Å². The van der Waals surface area contributed by atoms with Crippen LogP contribution in [0.25, 0.3) is 10.8 Å². The zero-order valence-electron chi connectivity index (χ0n) is 16.5. The average Bonchev–Trinajstić information content (AvgIpc) is 3.29. The van der Waals surface area contributed by atoms with Gasteiger partial charge in [-0.1, -0.05) is 49.2 Å². The van der Waals surface area contributed by atoms with Crippen LogP contribution in [0.2, 0.25) is 0 Å². The zero-order chi connectivity index (χ0) is 20.6. The fourth-order valence-corrected chi connectivity index (χ4v) is 4.42. The molecule has 1 aliphatic carbocycles. The summed E-state index contributed by atoms with van der Waals surface area (Å²) in [5, 5.41) is 7.89. The van der Waals surface area contributed by atoms with Crippen LogP contribution in [0.3, 0.4) is 0 Å². The Balaban J connectivity index is 1.50. The lowest BCUT2D eigenvalue weighted by atomic mass is 9.97. The maximum Gasteiger partial charge on any atom is 0.325 e. The average molecular weight is 394 g/mol. The van der Waals surface area contributed by atoms with Crippen molar-refractivity contribution in [2.75, 3.05) is 6.54 Å². The number of benzene rings is 2. The van der Waals surface area contributed by atoms with Crippen LogP contribution in [-0.4, -0.2) is 40.9 Å². The molecule has 1 saturated carbocycles. The highest BCUT2D eigenvalue weighted by Crippen LogP contribution is 2.35. The zero-order valence-corrected chi connectivity index (χ0v) is 16.5. The van der Waals surface area contributed by atoms with E-state index in [9.17, 15) is 14.4 Å². The van der Waals surface area contributed by atoms with Crippen molar-refractivity contribution in [3.8, 4) is 0 Å². The lowest BCUT2D eigenvalue weighted by Gasteiger charge is -2.26. The van der Waals surface area contributed by atoms with Crippen molar-refractivity contribution < 1.29 is 14.4 Å². The number of urea groups is 1. The van der Waals surface area contributed by atoms with Crippen LogP contribution in [-0.2, 0) is 9.59 Å². The quantitative estimate of drug-likeness (QED) is 0.676. The lowest BCUT2D eigenvalue weighted by molar-refractivity contribution is -0.138. The van der Waals surface area contributed by atoms with Gasteiger partial charge in [0.05, 0.1) is 6.04 Å². The second-order valence-electron chi connectivity index (χ2n) is 7.97. The van der Waals surface area contributed by atoms with Gasteiger partial charge in [-0.25, -0.2) is 9.69 Å². The van der Waals surface area contributed by atoms with Crippen molar-refractivity contribution in [1.82, 2.24) is 15.5 Å². The largest absolute Gasteiger partial charge is 0.346 e. The van der Waals surface area contributed by atoms with Crippen LogP contribution in [0, 0.1) is 0 Å². The minimum atomic E-state index is -0.906. The predicted octanol–water partition coefficient (Wildman–Crippen LogP) is 2.21. The first-order valence-electron chi connectivity index (χ1n) is 10.1. The molecule has 2 aliphatic rings. The number of hydrogen-bond donors (Lipinski definition) is 3. The predicted molar refractivity (Wildman–Crippen MR) is 110 cm³/mol. The molecule has 1 heterocycles. The highest BCUT2D eigenvalue weighted by Gasteiger charge is 2.54. The Labute approximate surface area is 169 Å². The molecule has 2 atom stereocenters. The van der Waals surface area contributed by atoms with Crippen LogP contribution in [0.1, 0.15) is 44.2 Å². The Morgan fingerprint density at radius 2 is 1.86 bits per heavy atom. The number of nitrogens with two attached hydrogens (primary N) is 1. The summed E-state index contributed by atoms with van der Waals surface area (Å²) in [6, 6.07) is 12.1. The molecule has 152 valence electrons. The molecule has 1 aliphatic heterocycles. The van der Waals surface area contributed by atoms with Crippen molar-refractivity contribution in [1.29, 1.82) is 0 Å². The first kappa shape index (κ1) is 19.4. The van der Waals surface area contributed by atoms with E-state index in [2.05, 4.69) is 10.6 Å². The fourth-order valence-electron chi connectivity index (χ4n) is 4.42. The monoisotopic (exact) mass is 394 g/mol. The van der Waals surface area contributed by atoms with Gasteiger partial charge in [0.25, 0.3) is 5.91 Å². The highest BCUT2D eigenvalue weighted by atomic mass is 16.2. The van der Waals surface area contributed by atoms with Gasteiger partial charge in [-0.2, -0.15) is 0 Å². The Hall–Kier alpha value is -2.93. The molecule has 2 unspecified atom stereocenters. The van der Waals surface area contributed by atoms with Gasteiger partial charge in [-0.05, 0) is 42.2 Å². The summed E-state index contributed by atoms with van der Waals surface area (Å²) >= 11 is 0. The maximum atomic E-state index is 12.9. The third-order valence-electron chi connectivity index (χ3n) is 6.15. The van der Waals surface area contributed by atoms with Gasteiger partial charge in [-0.15, -0.1) is 0 Å². The fraction of sp³-hybridized carbons (Fsp3) is 0.409. The number of carbonyl (C=O) groups excluding carboxylic acids is 3. The Kier molecular flexibility index (Phi) is 5.00. The van der Waals surface area contributed by atoms with Crippen molar-refractivity contribution in [3.05, 3.63) is 48.0 Å². The van der Waals surface area contributed by atoms with E-state index in [0.717, 1.165) is 34.1 Å². The van der Waals surface area contributed by atoms with Crippen LogP contribution in [0.15, 0.2) is 42.5 Å². The van der Waals surface area contributed by atoms with Gasteiger partial charge < -0.3 is 16.4 Å². The number of hydrogen-bond acceptors (Lipinski definition) is 4. The van der Waals surface area contributed by atoms with E-state index in [-0.39, 0.29) is 12.5 Å². The molecule has 2 fully saturated rings. The SMILES string of the molecule is CC(C(=O)NC(CN)c1ccc2ccccc2c1)N1C(=O)NC2(CCCC2)C1=O. The molecular formula is C22H26N4O3. The number of nitrogens with zero attached hydrogens (tertiary/aromatic N) is 1. The number of rotatable bonds is 5. The minimum absolute atomic E-state index is 0.209. The van der Waals surface area contributed by atoms with Crippen molar-refractivity contribution in [3.63, 3.8) is 0 Å². The molecule has 4 N–H and O–H groups in total. The normalized spacial score (nSPS) is 20.1. The first-order valence-corrected chi connectivity index (χ1v) is 10.1. The van der Waals surface area contributed by atoms with Crippen molar-refractivity contribution >= 4 is 28.6 Å². The van der Waals surface area contributed by atoms with E-state index in [1.807, 2.05) is 42.5 Å². The molecule has 4 rings (SSSR count). The summed E-state index contributed by atoms with van der Waals surface area (Å²) in [5.74, 6) is -0.690. The summed E-state index contributed by atoms with van der Waals surface area (Å²) in [6.45, 7) is 1.79. The standard InChI is InChI=1S/C22H26N4O3/c1-14(26-20(28)22(25-21(26)29)10-4-5-11-22)19(27)24-18(13-23)17-9-8-15-6-2-3-7-16(15)12-17/h2-3,6-9,12,14,18H,4-5,10-11,13,23H2,1H3,(H,24,27)(H,25,29). The molecule has 2 aromatic rings. The first-order chi connectivity index (χ1) is 13.9. The van der Waals surface area contributed by atoms with E-state index in [1.54, 1.807) is 6.92 Å². The van der Waals surface area contributed by atoms with Crippen LogP contribution >= 0.6 is 0 Å². The second kappa shape index (κ2) is 7.48. The van der Waals surface area contributed by atoms with E-state index < -0.39 is 29.6 Å². The Morgan fingerprint density at radius 3 is 2.55 bits per heavy atom. The Morgan fingerprint density at radius 1 is 1.17 bits per heavy atom. The van der Waals surface area contributed by atoms with Gasteiger partial charge in [0, 0.05) is 6.54 Å². The van der Waals surface area contributed by atoms with E-state index in [1.165, 1.54) is 0 Å². The molecule has 7 nitrogen and oxygen atoms in total. The molecule has 4 amide bonds. The molecule has 0 radical (unpaired) electrons. The third kappa shape index (κ3) is 3.35. The second-order valence-corrected chi connectivity index (χ2v) is 7.97. The highest BCUT2D eigenvalue weighted by molar-refractivity contribution is 6.10. The summed E-state index contributed by atoms with van der Waals surface area (Å²) in [7, 11) is 0. The van der Waals surface area contributed by atoms with Crippen LogP contribution in [0.5, 0.6) is 0 Å². The van der Waals surface area contributed by atoms with E-state index in [4.69, 9.17) is 5.73 Å². The molecule has 2 aromatic carbocycles. The molecule has 7 heteroatoms. The third-order valence-corrected chi connectivity index (χ3v) is 6.15. The van der Waals surface area contributed by atoms with Crippen molar-refractivity contribution in [2.45, 2.75) is 50.2 Å². The van der Waals surface area contributed by atoms with Gasteiger partial charge >= 0.3 is 6.03 Å². The van der Waals surface area contributed by atoms with E-state index >= 15 is 0 Å². The molecule has 29 heavy (non-hydrogen) atoms. The van der Waals surface area contributed by atoms with Gasteiger partial charge in [0.1, 0.15) is 11.6 Å². The summed E-state index contributed by atoms with van der Waals surface area (Å²) < 4.78 is 0. The topological polar surface area (TPSA) is 105 Å². The van der Waals surface area contributed by atoms with Crippen molar-refractivity contribution in [2.24, 2.45) is 5.73 Å². The maximum absolute atomic E-state index is 12.9. The number of imide groups is 1. The number of fused-ring (bicyclic) bond motifs is 1. The van der Waals surface area contributed by atoms with Gasteiger partial charge in [-0.3, -0.25) is 9.59 Å². The molecule has 0 aromatic heterocycles. The van der Waals surface area contributed by atoms with Gasteiger partial charge in [0.15, 0.2) is 0 Å². The van der Waals surface area contributed by atoms with E-state index in [0.29, 0.717) is 12.8 Å². The number of amides is 4. The molecule has 1 saturated heterocycles. The molecule has 0 bridgehead atoms. The number of nitrogens with one attached hydrogen (secondary N) is 2. The lowest BCUT2D eigenvalue weighted by Crippen LogP contribution is -2.51. The Bertz CT molecular complexity index is 967. The van der Waals surface area contributed by atoms with Crippen LogP contribution in [0.4, 0.5) is 4.79 Å². The minimum Gasteiger partial charge on any atom is -0.346 e.